The van der Waals surface area contributed by atoms with Crippen molar-refractivity contribution >= 4 is 29.3 Å². The van der Waals surface area contributed by atoms with Crippen molar-refractivity contribution in [3.05, 3.63) is 28.8 Å². The van der Waals surface area contributed by atoms with E-state index in [0.717, 1.165) is 6.07 Å². The summed E-state index contributed by atoms with van der Waals surface area (Å²) in [7, 11) is 0. The van der Waals surface area contributed by atoms with Gasteiger partial charge in [-0.1, -0.05) is 11.6 Å². The fourth-order valence-corrected chi connectivity index (χ4v) is 1.69. The van der Waals surface area contributed by atoms with E-state index in [9.17, 15) is 18.4 Å². The van der Waals surface area contributed by atoms with Gasteiger partial charge in [0.2, 0.25) is 0 Å². The number of anilines is 1. The second kappa shape index (κ2) is 7.04. The lowest BCUT2D eigenvalue weighted by Gasteiger charge is -2.14. The molecule has 0 bridgehead atoms. The minimum absolute atomic E-state index is 0.104. The second-order valence-corrected chi connectivity index (χ2v) is 4.58. The van der Waals surface area contributed by atoms with Gasteiger partial charge in [-0.15, -0.1) is 0 Å². The van der Waals surface area contributed by atoms with Crippen molar-refractivity contribution in [2.45, 2.75) is 25.8 Å². The molecule has 1 unspecified atom stereocenters. The Bertz CT molecular complexity index is 502. The molecule has 20 heavy (non-hydrogen) atoms. The molecular formula is C12H13ClF2N2O3. The zero-order valence-corrected chi connectivity index (χ0v) is 11.3. The number of carboxylic acids is 1. The Morgan fingerprint density at radius 2 is 2.05 bits per heavy atom. The van der Waals surface area contributed by atoms with Gasteiger partial charge in [0.1, 0.15) is 5.82 Å². The van der Waals surface area contributed by atoms with Crippen molar-refractivity contribution in [3.8, 4) is 0 Å². The lowest BCUT2D eigenvalue weighted by atomic mass is 10.2. The molecule has 2 amide bonds. The molecule has 0 fully saturated rings. The number of carboxylic acid groups (broad SMARTS) is 1. The van der Waals surface area contributed by atoms with Crippen molar-refractivity contribution in [2.24, 2.45) is 0 Å². The molecular weight excluding hydrogens is 294 g/mol. The highest BCUT2D eigenvalue weighted by Gasteiger charge is 2.14. The molecule has 8 heteroatoms. The highest BCUT2D eigenvalue weighted by molar-refractivity contribution is 6.33. The lowest BCUT2D eigenvalue weighted by molar-refractivity contribution is -0.137. The Labute approximate surface area is 118 Å². The van der Waals surface area contributed by atoms with Gasteiger partial charge in [0.05, 0.1) is 10.7 Å². The molecule has 1 aromatic rings. The summed E-state index contributed by atoms with van der Waals surface area (Å²) in [6.45, 7) is 1.60. The van der Waals surface area contributed by atoms with Crippen LogP contribution in [0.5, 0.6) is 0 Å². The van der Waals surface area contributed by atoms with Gasteiger partial charge < -0.3 is 15.7 Å². The van der Waals surface area contributed by atoms with Crippen molar-refractivity contribution in [1.29, 1.82) is 0 Å². The van der Waals surface area contributed by atoms with E-state index < -0.39 is 29.7 Å². The van der Waals surface area contributed by atoms with Gasteiger partial charge in [-0.2, -0.15) is 0 Å². The smallest absolute Gasteiger partial charge is 0.319 e. The molecule has 3 N–H and O–H groups in total. The van der Waals surface area contributed by atoms with Crippen LogP contribution in [-0.4, -0.2) is 23.1 Å². The molecule has 5 nitrogen and oxygen atoms in total. The molecule has 1 rings (SSSR count). The largest absolute Gasteiger partial charge is 0.481 e. The SMILES string of the molecule is CC(CCC(=O)O)NC(=O)Nc1c(F)cc(F)cc1Cl. The van der Waals surface area contributed by atoms with Gasteiger partial charge in [0, 0.05) is 18.5 Å². The Kier molecular flexibility index (Phi) is 5.69. The summed E-state index contributed by atoms with van der Waals surface area (Å²) in [5.74, 6) is -2.83. The maximum Gasteiger partial charge on any atom is 0.319 e. The van der Waals surface area contributed by atoms with Gasteiger partial charge in [0.25, 0.3) is 0 Å². The fourth-order valence-electron chi connectivity index (χ4n) is 1.45. The molecule has 1 atom stereocenters. The predicted octanol–water partition coefficient (Wildman–Crippen LogP) is 2.99. The van der Waals surface area contributed by atoms with Gasteiger partial charge in [0.15, 0.2) is 5.82 Å². The number of nitrogens with one attached hydrogen (secondary N) is 2. The number of amides is 2. The highest BCUT2D eigenvalue weighted by Crippen LogP contribution is 2.26. The van der Waals surface area contributed by atoms with Gasteiger partial charge >= 0.3 is 12.0 Å². The summed E-state index contributed by atoms with van der Waals surface area (Å²) in [5, 5.41) is 12.8. The third-order valence-corrected chi connectivity index (χ3v) is 2.71. The monoisotopic (exact) mass is 306 g/mol. The first-order chi connectivity index (χ1) is 9.29. The number of halogens is 3. The van der Waals surface area contributed by atoms with Crippen LogP contribution in [0.2, 0.25) is 5.02 Å². The molecule has 0 aliphatic rings. The summed E-state index contributed by atoms with van der Waals surface area (Å²) in [4.78, 5) is 21.9. The molecule has 0 spiro atoms. The van der Waals surface area contributed by atoms with Gasteiger partial charge in [-0.05, 0) is 19.4 Å². The molecule has 0 aliphatic heterocycles. The van der Waals surface area contributed by atoms with Crippen LogP contribution in [0.15, 0.2) is 12.1 Å². The summed E-state index contributed by atoms with van der Waals surface area (Å²) in [6, 6.07) is 0.285. The summed E-state index contributed by atoms with van der Waals surface area (Å²) in [6.07, 6.45) is 0.121. The Balaban J connectivity index is 2.61. The first kappa shape index (κ1) is 16.2. The normalized spacial score (nSPS) is 11.8. The minimum Gasteiger partial charge on any atom is -0.481 e. The number of aliphatic carboxylic acids is 1. The van der Waals surface area contributed by atoms with Crippen LogP contribution < -0.4 is 10.6 Å². The van der Waals surface area contributed by atoms with E-state index in [1.807, 2.05) is 0 Å². The minimum atomic E-state index is -0.997. The topological polar surface area (TPSA) is 78.4 Å². The van der Waals surface area contributed by atoms with E-state index >= 15 is 0 Å². The average molecular weight is 307 g/mol. The maximum absolute atomic E-state index is 13.4. The molecule has 0 radical (unpaired) electrons. The van der Waals surface area contributed by atoms with E-state index in [0.29, 0.717) is 6.07 Å². The Hall–Kier alpha value is -1.89. The van der Waals surface area contributed by atoms with Crippen molar-refractivity contribution in [3.63, 3.8) is 0 Å². The molecule has 110 valence electrons. The van der Waals surface area contributed by atoms with Crippen LogP contribution in [0.25, 0.3) is 0 Å². The van der Waals surface area contributed by atoms with E-state index in [4.69, 9.17) is 16.7 Å². The quantitative estimate of drug-likeness (QED) is 0.782. The third-order valence-electron chi connectivity index (χ3n) is 2.41. The van der Waals surface area contributed by atoms with Gasteiger partial charge in [-0.3, -0.25) is 4.79 Å². The third kappa shape index (κ3) is 5.00. The number of hydrogen-bond donors (Lipinski definition) is 3. The van der Waals surface area contributed by atoms with Gasteiger partial charge in [-0.25, -0.2) is 13.6 Å². The number of carbonyl (C=O) groups excluding carboxylic acids is 1. The maximum atomic E-state index is 13.4. The number of benzene rings is 1. The number of urea groups is 1. The van der Waals surface area contributed by atoms with Crippen LogP contribution >= 0.6 is 11.6 Å². The van der Waals surface area contributed by atoms with Crippen LogP contribution in [0.3, 0.4) is 0 Å². The summed E-state index contributed by atoms with van der Waals surface area (Å²) < 4.78 is 26.2. The molecule has 0 aliphatic carbocycles. The Morgan fingerprint density at radius 3 is 2.60 bits per heavy atom. The second-order valence-electron chi connectivity index (χ2n) is 4.18. The van der Waals surface area contributed by atoms with Crippen LogP contribution in [-0.2, 0) is 4.79 Å². The molecule has 0 heterocycles. The molecule has 0 saturated heterocycles. The van der Waals surface area contributed by atoms with E-state index in [1.54, 1.807) is 6.92 Å². The lowest BCUT2D eigenvalue weighted by Crippen LogP contribution is -2.36. The molecule has 1 aromatic carbocycles. The van der Waals surface area contributed by atoms with Crippen molar-refractivity contribution in [2.75, 3.05) is 5.32 Å². The standard InChI is InChI=1S/C12H13ClF2N2O3/c1-6(2-3-10(18)19)16-12(20)17-11-8(13)4-7(14)5-9(11)15/h4-6H,2-3H2,1H3,(H,18,19)(H2,16,17,20). The summed E-state index contributed by atoms with van der Waals surface area (Å²) >= 11 is 5.62. The first-order valence-corrected chi connectivity index (χ1v) is 6.11. The fraction of sp³-hybridized carbons (Fsp3) is 0.333. The van der Waals surface area contributed by atoms with Crippen LogP contribution in [0.4, 0.5) is 19.3 Å². The van der Waals surface area contributed by atoms with E-state index in [-0.39, 0.29) is 23.6 Å². The molecule has 0 saturated carbocycles. The number of hydrogen-bond acceptors (Lipinski definition) is 2. The van der Waals surface area contributed by atoms with E-state index in [2.05, 4.69) is 10.6 Å². The molecule has 0 aromatic heterocycles. The highest BCUT2D eigenvalue weighted by atomic mass is 35.5. The zero-order chi connectivity index (χ0) is 15.3. The zero-order valence-electron chi connectivity index (χ0n) is 10.5. The van der Waals surface area contributed by atoms with Crippen molar-refractivity contribution < 1.29 is 23.5 Å². The number of rotatable bonds is 5. The van der Waals surface area contributed by atoms with Crippen LogP contribution in [0.1, 0.15) is 19.8 Å². The first-order valence-electron chi connectivity index (χ1n) is 5.73. The predicted molar refractivity (Wildman–Crippen MR) is 69.9 cm³/mol. The summed E-state index contributed by atoms with van der Waals surface area (Å²) in [5.41, 5.74) is -0.337. The van der Waals surface area contributed by atoms with Crippen LogP contribution in [0, 0.1) is 11.6 Å². The van der Waals surface area contributed by atoms with E-state index in [1.165, 1.54) is 0 Å². The number of carbonyl (C=O) groups is 2. The average Bonchev–Trinajstić information content (AvgIpc) is 2.31. The Morgan fingerprint density at radius 1 is 1.40 bits per heavy atom. The van der Waals surface area contributed by atoms with Crippen molar-refractivity contribution in [1.82, 2.24) is 5.32 Å².